The standard InChI is InChI=1S/C25H21N3O2/c1-16-23(25(30)28(27-16)18-7-3-2-4-8-18)24(17-11-13-19(29)14-12-17)21-15-26-22-10-6-5-9-20(21)22/h2-15,24,26-27,29H,1H3. The maximum Gasteiger partial charge on any atom is 0.275 e. The molecular formula is C25H21N3O2. The Morgan fingerprint density at radius 3 is 2.37 bits per heavy atom. The van der Waals surface area contributed by atoms with Gasteiger partial charge in [0, 0.05) is 28.7 Å². The number of fused-ring (bicyclic) bond motifs is 1. The lowest BCUT2D eigenvalue weighted by Crippen LogP contribution is -2.20. The first kappa shape index (κ1) is 18.1. The van der Waals surface area contributed by atoms with Gasteiger partial charge < -0.3 is 10.1 Å². The van der Waals surface area contributed by atoms with Crippen molar-refractivity contribution in [2.45, 2.75) is 12.8 Å². The van der Waals surface area contributed by atoms with Gasteiger partial charge in [0.25, 0.3) is 5.56 Å². The number of nitrogens with zero attached hydrogens (tertiary/aromatic N) is 1. The number of hydrogen-bond donors (Lipinski definition) is 3. The third-order valence-corrected chi connectivity index (χ3v) is 5.58. The first-order valence-electron chi connectivity index (χ1n) is 9.85. The third-order valence-electron chi connectivity index (χ3n) is 5.58. The average Bonchev–Trinajstić information content (AvgIpc) is 3.32. The summed E-state index contributed by atoms with van der Waals surface area (Å²) >= 11 is 0. The van der Waals surface area contributed by atoms with Crippen LogP contribution >= 0.6 is 0 Å². The van der Waals surface area contributed by atoms with Gasteiger partial charge in [-0.15, -0.1) is 0 Å². The van der Waals surface area contributed by atoms with Crippen molar-refractivity contribution in [2.24, 2.45) is 0 Å². The Labute approximate surface area is 173 Å². The summed E-state index contributed by atoms with van der Waals surface area (Å²) in [5, 5.41) is 14.1. The third kappa shape index (κ3) is 2.92. The lowest BCUT2D eigenvalue weighted by Gasteiger charge is -2.16. The van der Waals surface area contributed by atoms with E-state index < -0.39 is 0 Å². The van der Waals surface area contributed by atoms with E-state index in [2.05, 4.69) is 16.1 Å². The summed E-state index contributed by atoms with van der Waals surface area (Å²) < 4.78 is 1.59. The van der Waals surface area contributed by atoms with E-state index in [0.29, 0.717) is 5.56 Å². The normalized spacial score (nSPS) is 12.3. The Morgan fingerprint density at radius 2 is 1.60 bits per heavy atom. The summed E-state index contributed by atoms with van der Waals surface area (Å²) in [6.45, 7) is 1.93. The summed E-state index contributed by atoms with van der Waals surface area (Å²) in [6.07, 6.45) is 1.97. The molecule has 30 heavy (non-hydrogen) atoms. The first-order valence-corrected chi connectivity index (χ1v) is 9.85. The van der Waals surface area contributed by atoms with Gasteiger partial charge in [-0.1, -0.05) is 48.5 Å². The molecule has 3 N–H and O–H groups in total. The molecule has 0 bridgehead atoms. The Kier molecular flexibility index (Phi) is 4.29. The van der Waals surface area contributed by atoms with Crippen molar-refractivity contribution < 1.29 is 5.11 Å². The topological polar surface area (TPSA) is 73.8 Å². The second-order valence-electron chi connectivity index (χ2n) is 7.44. The molecule has 2 aromatic heterocycles. The van der Waals surface area contributed by atoms with Gasteiger partial charge in [0.2, 0.25) is 0 Å². The molecule has 3 aromatic carbocycles. The van der Waals surface area contributed by atoms with Gasteiger partial charge in [-0.25, -0.2) is 4.68 Å². The van der Waals surface area contributed by atoms with Crippen molar-refractivity contribution in [2.75, 3.05) is 0 Å². The molecule has 0 fully saturated rings. The van der Waals surface area contributed by atoms with Gasteiger partial charge in [-0.05, 0) is 48.4 Å². The molecule has 0 aliphatic rings. The summed E-state index contributed by atoms with van der Waals surface area (Å²) in [5.41, 5.74) is 5.20. The highest BCUT2D eigenvalue weighted by atomic mass is 16.3. The molecule has 5 rings (SSSR count). The van der Waals surface area contributed by atoms with E-state index in [0.717, 1.165) is 33.4 Å². The van der Waals surface area contributed by atoms with Gasteiger partial charge in [0.15, 0.2) is 0 Å². The monoisotopic (exact) mass is 395 g/mol. The molecule has 5 aromatic rings. The smallest absolute Gasteiger partial charge is 0.275 e. The number of phenols is 1. The van der Waals surface area contributed by atoms with Crippen molar-refractivity contribution >= 4 is 10.9 Å². The van der Waals surface area contributed by atoms with E-state index in [9.17, 15) is 9.90 Å². The Balaban J connectivity index is 1.77. The van der Waals surface area contributed by atoms with Crippen molar-refractivity contribution in [1.82, 2.24) is 14.8 Å². The minimum Gasteiger partial charge on any atom is -0.508 e. The van der Waals surface area contributed by atoms with Gasteiger partial charge in [-0.3, -0.25) is 9.89 Å². The van der Waals surface area contributed by atoms with E-state index in [-0.39, 0.29) is 17.2 Å². The Morgan fingerprint density at radius 1 is 0.900 bits per heavy atom. The van der Waals surface area contributed by atoms with Crippen LogP contribution in [-0.2, 0) is 0 Å². The average molecular weight is 395 g/mol. The zero-order valence-corrected chi connectivity index (χ0v) is 16.5. The van der Waals surface area contributed by atoms with Gasteiger partial charge >= 0.3 is 0 Å². The summed E-state index contributed by atoms with van der Waals surface area (Å²) in [5.74, 6) is -0.0839. The predicted octanol–water partition coefficient (Wildman–Crippen LogP) is 4.84. The molecule has 0 spiro atoms. The molecular weight excluding hydrogens is 374 g/mol. The molecule has 5 heteroatoms. The molecule has 148 valence electrons. The molecule has 1 atom stereocenters. The fraction of sp³-hybridized carbons (Fsp3) is 0.0800. The first-order chi connectivity index (χ1) is 14.6. The molecule has 2 heterocycles. The second kappa shape index (κ2) is 7.12. The zero-order valence-electron chi connectivity index (χ0n) is 16.5. The minimum absolute atomic E-state index is 0.0814. The number of phenolic OH excluding ortho intramolecular Hbond substituents is 1. The summed E-state index contributed by atoms with van der Waals surface area (Å²) in [6, 6.07) is 24.7. The largest absolute Gasteiger partial charge is 0.508 e. The van der Waals surface area contributed by atoms with Crippen LogP contribution in [0.2, 0.25) is 0 Å². The summed E-state index contributed by atoms with van der Waals surface area (Å²) in [4.78, 5) is 16.9. The lowest BCUT2D eigenvalue weighted by atomic mass is 9.85. The van der Waals surface area contributed by atoms with Crippen LogP contribution in [0.4, 0.5) is 0 Å². The highest BCUT2D eigenvalue weighted by Gasteiger charge is 2.27. The number of aromatic nitrogens is 3. The molecule has 0 saturated carbocycles. The molecule has 5 nitrogen and oxygen atoms in total. The number of H-pyrrole nitrogens is 2. The number of para-hydroxylation sites is 2. The number of benzene rings is 3. The van der Waals surface area contributed by atoms with Crippen LogP contribution in [-0.4, -0.2) is 19.9 Å². The zero-order chi connectivity index (χ0) is 20.7. The fourth-order valence-electron chi connectivity index (χ4n) is 4.16. The van der Waals surface area contributed by atoms with E-state index in [1.165, 1.54) is 0 Å². The predicted molar refractivity (Wildman–Crippen MR) is 118 cm³/mol. The van der Waals surface area contributed by atoms with Crippen molar-refractivity contribution in [3.63, 3.8) is 0 Å². The highest BCUT2D eigenvalue weighted by molar-refractivity contribution is 5.84. The molecule has 1 unspecified atom stereocenters. The molecule has 0 radical (unpaired) electrons. The minimum atomic E-state index is -0.282. The molecule has 0 amide bonds. The van der Waals surface area contributed by atoms with Crippen LogP contribution in [0.15, 0.2) is 89.9 Å². The van der Waals surface area contributed by atoms with Crippen molar-refractivity contribution in [3.05, 3.63) is 118 Å². The van der Waals surface area contributed by atoms with Crippen LogP contribution in [0.1, 0.15) is 28.3 Å². The van der Waals surface area contributed by atoms with E-state index in [4.69, 9.17) is 0 Å². The quantitative estimate of drug-likeness (QED) is 0.407. The van der Waals surface area contributed by atoms with Gasteiger partial charge in [-0.2, -0.15) is 0 Å². The number of hydrogen-bond acceptors (Lipinski definition) is 2. The Hall–Kier alpha value is -3.99. The molecule has 0 aliphatic heterocycles. The maximum atomic E-state index is 13.6. The van der Waals surface area contributed by atoms with E-state index >= 15 is 0 Å². The SMILES string of the molecule is Cc1[nH]n(-c2ccccc2)c(=O)c1C(c1ccc(O)cc1)c1c[nH]c2ccccc12. The molecule has 0 aliphatic carbocycles. The number of aryl methyl sites for hydroxylation is 1. The van der Waals surface area contributed by atoms with Crippen LogP contribution in [0, 0.1) is 6.92 Å². The van der Waals surface area contributed by atoms with Gasteiger partial charge in [0.1, 0.15) is 5.75 Å². The van der Waals surface area contributed by atoms with Crippen LogP contribution < -0.4 is 5.56 Å². The van der Waals surface area contributed by atoms with Crippen molar-refractivity contribution in [3.8, 4) is 11.4 Å². The summed E-state index contributed by atoms with van der Waals surface area (Å²) in [7, 11) is 0. The second-order valence-corrected chi connectivity index (χ2v) is 7.44. The van der Waals surface area contributed by atoms with Crippen LogP contribution in [0.5, 0.6) is 5.75 Å². The Bertz CT molecular complexity index is 1380. The number of nitrogens with one attached hydrogen (secondary N) is 2. The lowest BCUT2D eigenvalue weighted by molar-refractivity contribution is 0.475. The maximum absolute atomic E-state index is 13.6. The molecule has 0 saturated heterocycles. The van der Waals surface area contributed by atoms with Crippen molar-refractivity contribution in [1.29, 1.82) is 0 Å². The number of aromatic amines is 2. The van der Waals surface area contributed by atoms with E-state index in [1.807, 2.05) is 73.8 Å². The van der Waals surface area contributed by atoms with E-state index in [1.54, 1.807) is 16.8 Å². The number of rotatable bonds is 4. The van der Waals surface area contributed by atoms with Crippen LogP contribution in [0.3, 0.4) is 0 Å². The fourth-order valence-corrected chi connectivity index (χ4v) is 4.16. The number of aromatic hydroxyl groups is 1. The highest BCUT2D eigenvalue weighted by Crippen LogP contribution is 2.36. The van der Waals surface area contributed by atoms with Gasteiger partial charge in [0.05, 0.1) is 11.3 Å². The van der Waals surface area contributed by atoms with Crippen LogP contribution in [0.25, 0.3) is 16.6 Å².